The van der Waals surface area contributed by atoms with Crippen LogP contribution in [0.2, 0.25) is 18.1 Å². The Hall–Kier alpha value is -1.77. The van der Waals surface area contributed by atoms with Gasteiger partial charge in [0.05, 0.1) is 39.1 Å². The molecule has 0 aliphatic heterocycles. The lowest BCUT2D eigenvalue weighted by Gasteiger charge is -2.35. The SMILES string of the molecule is COc1ccc(COC/C=C(\C)[C@H](OC)[C@@H](C)[C@@H](O)CC(=O)/C(C)=C/CO[Si](C)(C)C(C)(C)C)cc1. The van der Waals surface area contributed by atoms with E-state index in [1.807, 2.05) is 50.3 Å². The topological polar surface area (TPSA) is 74.2 Å². The zero-order valence-electron chi connectivity index (χ0n) is 24.0. The predicted molar refractivity (Wildman–Crippen MR) is 149 cm³/mol. The number of aliphatic hydroxyl groups is 1. The van der Waals surface area contributed by atoms with E-state index in [1.54, 1.807) is 21.1 Å². The maximum absolute atomic E-state index is 12.7. The predicted octanol–water partition coefficient (Wildman–Crippen LogP) is 6.10. The van der Waals surface area contributed by atoms with Crippen LogP contribution in [0.25, 0.3) is 0 Å². The molecule has 0 amide bonds. The van der Waals surface area contributed by atoms with Crippen LogP contribution in [-0.4, -0.2) is 58.8 Å². The molecule has 0 bridgehead atoms. The number of carbonyl (C=O) groups excluding carboxylic acids is 1. The van der Waals surface area contributed by atoms with E-state index in [1.165, 1.54) is 0 Å². The highest BCUT2D eigenvalue weighted by atomic mass is 28.4. The van der Waals surface area contributed by atoms with E-state index < -0.39 is 14.4 Å². The Morgan fingerprint density at radius 1 is 1.06 bits per heavy atom. The molecule has 0 heterocycles. The second-order valence-electron chi connectivity index (χ2n) is 11.0. The summed E-state index contributed by atoms with van der Waals surface area (Å²) < 4.78 is 22.8. The summed E-state index contributed by atoms with van der Waals surface area (Å²) in [6.45, 7) is 17.9. The normalized spacial score (nSPS) is 16.0. The molecule has 0 aromatic heterocycles. The maximum atomic E-state index is 12.7. The van der Waals surface area contributed by atoms with Crippen LogP contribution in [0.15, 0.2) is 47.6 Å². The summed E-state index contributed by atoms with van der Waals surface area (Å²) in [7, 11) is 1.39. The van der Waals surface area contributed by atoms with Crippen LogP contribution in [-0.2, 0) is 25.3 Å². The molecule has 36 heavy (non-hydrogen) atoms. The van der Waals surface area contributed by atoms with Gasteiger partial charge in [0.1, 0.15) is 5.75 Å². The van der Waals surface area contributed by atoms with E-state index in [2.05, 4.69) is 33.9 Å². The van der Waals surface area contributed by atoms with Crippen LogP contribution in [0.5, 0.6) is 5.75 Å². The molecule has 0 unspecified atom stereocenters. The number of ketones is 1. The lowest BCUT2D eigenvalue weighted by atomic mass is 9.89. The van der Waals surface area contributed by atoms with Gasteiger partial charge in [-0.1, -0.05) is 52.0 Å². The van der Waals surface area contributed by atoms with Crippen molar-refractivity contribution in [2.45, 2.75) is 84.9 Å². The molecule has 0 saturated carbocycles. The van der Waals surface area contributed by atoms with Crippen molar-refractivity contribution < 1.29 is 28.5 Å². The van der Waals surface area contributed by atoms with Gasteiger partial charge in [-0.2, -0.15) is 0 Å². The lowest BCUT2D eigenvalue weighted by Crippen LogP contribution is -2.40. The average Bonchev–Trinajstić information content (AvgIpc) is 2.81. The summed E-state index contributed by atoms with van der Waals surface area (Å²) in [5.74, 6) is 0.481. The molecule has 1 aromatic rings. The molecule has 0 spiro atoms. The van der Waals surface area contributed by atoms with Crippen molar-refractivity contribution in [1.82, 2.24) is 0 Å². The molecular weight excluding hydrogens is 472 g/mol. The van der Waals surface area contributed by atoms with Gasteiger partial charge in [0.15, 0.2) is 14.1 Å². The van der Waals surface area contributed by atoms with Crippen molar-refractivity contribution >= 4 is 14.1 Å². The van der Waals surface area contributed by atoms with Crippen LogP contribution in [0.4, 0.5) is 0 Å². The summed E-state index contributed by atoms with van der Waals surface area (Å²) in [6.07, 6.45) is 2.70. The van der Waals surface area contributed by atoms with E-state index in [4.69, 9.17) is 18.6 Å². The Morgan fingerprint density at radius 3 is 2.19 bits per heavy atom. The van der Waals surface area contributed by atoms with E-state index >= 15 is 0 Å². The first kappa shape index (κ1) is 32.3. The van der Waals surface area contributed by atoms with E-state index in [0.717, 1.165) is 16.9 Å². The average molecular weight is 521 g/mol. The minimum Gasteiger partial charge on any atom is -0.497 e. The zero-order valence-corrected chi connectivity index (χ0v) is 25.0. The van der Waals surface area contributed by atoms with Crippen molar-refractivity contribution in [1.29, 1.82) is 0 Å². The highest BCUT2D eigenvalue weighted by molar-refractivity contribution is 6.74. The third kappa shape index (κ3) is 10.3. The van der Waals surface area contributed by atoms with Crippen molar-refractivity contribution in [3.05, 3.63) is 53.1 Å². The molecule has 0 aliphatic carbocycles. The van der Waals surface area contributed by atoms with Gasteiger partial charge in [0.25, 0.3) is 0 Å². The fourth-order valence-corrected chi connectivity index (χ4v) is 4.40. The quantitative estimate of drug-likeness (QED) is 0.130. The molecule has 1 rings (SSSR count). The summed E-state index contributed by atoms with van der Waals surface area (Å²) in [4.78, 5) is 12.7. The number of hydrogen-bond acceptors (Lipinski definition) is 6. The Labute approximate surface area is 219 Å². The largest absolute Gasteiger partial charge is 0.497 e. The van der Waals surface area contributed by atoms with Gasteiger partial charge in [-0.25, -0.2) is 0 Å². The summed E-state index contributed by atoms with van der Waals surface area (Å²) in [6, 6.07) is 7.75. The number of benzene rings is 1. The Morgan fingerprint density at radius 2 is 1.67 bits per heavy atom. The first-order chi connectivity index (χ1) is 16.7. The molecule has 0 radical (unpaired) electrons. The number of ether oxygens (including phenoxy) is 3. The first-order valence-electron chi connectivity index (χ1n) is 12.7. The molecule has 0 aliphatic rings. The van der Waals surface area contributed by atoms with Crippen molar-refractivity contribution in [2.24, 2.45) is 5.92 Å². The van der Waals surface area contributed by atoms with Gasteiger partial charge >= 0.3 is 0 Å². The summed E-state index contributed by atoms with van der Waals surface area (Å²) in [5.41, 5.74) is 2.64. The second kappa shape index (κ2) is 14.8. The third-order valence-electron chi connectivity index (χ3n) is 7.21. The lowest BCUT2D eigenvalue weighted by molar-refractivity contribution is -0.118. The summed E-state index contributed by atoms with van der Waals surface area (Å²) in [5, 5.41) is 10.9. The van der Waals surface area contributed by atoms with Gasteiger partial charge < -0.3 is 23.7 Å². The minimum absolute atomic E-state index is 0.0463. The standard InChI is InChI=1S/C29H48O6Si/c1-21(16-18-35-36(9,10)29(4,5)6)26(30)19-27(31)23(3)28(33-8)22(2)15-17-34-20-24-11-13-25(32-7)14-12-24/h11-16,23,27-28,31H,17-20H2,1-10H3/b21-16+,22-15+/t23-,27-,28-/m0/s1. The molecule has 7 heteroatoms. The van der Waals surface area contributed by atoms with Crippen LogP contribution in [0.3, 0.4) is 0 Å². The number of rotatable bonds is 15. The minimum atomic E-state index is -1.87. The second-order valence-corrected chi connectivity index (χ2v) is 15.8. The van der Waals surface area contributed by atoms with Gasteiger partial charge in [0.2, 0.25) is 0 Å². The fraction of sp³-hybridized carbons (Fsp3) is 0.621. The molecule has 0 saturated heterocycles. The molecule has 1 aromatic carbocycles. The maximum Gasteiger partial charge on any atom is 0.192 e. The van der Waals surface area contributed by atoms with Crippen LogP contribution in [0.1, 0.15) is 53.5 Å². The van der Waals surface area contributed by atoms with Crippen LogP contribution < -0.4 is 4.74 Å². The van der Waals surface area contributed by atoms with Gasteiger partial charge in [-0.3, -0.25) is 4.79 Å². The fourth-order valence-electron chi connectivity index (χ4n) is 3.46. The smallest absolute Gasteiger partial charge is 0.192 e. The Bertz CT molecular complexity index is 867. The monoisotopic (exact) mass is 520 g/mol. The number of allylic oxidation sites excluding steroid dienone is 1. The Kier molecular flexibility index (Phi) is 13.3. The van der Waals surface area contributed by atoms with E-state index in [-0.39, 0.29) is 29.3 Å². The van der Waals surface area contributed by atoms with Gasteiger partial charge in [-0.05, 0) is 60.8 Å². The molecule has 1 N–H and O–H groups in total. The van der Waals surface area contributed by atoms with Crippen LogP contribution >= 0.6 is 0 Å². The molecule has 0 fully saturated rings. The van der Waals surface area contributed by atoms with Crippen molar-refractivity contribution in [2.75, 3.05) is 27.4 Å². The number of carbonyl (C=O) groups is 1. The molecular formula is C29H48O6Si. The van der Waals surface area contributed by atoms with Crippen molar-refractivity contribution in [3.8, 4) is 5.75 Å². The van der Waals surface area contributed by atoms with E-state index in [0.29, 0.717) is 25.4 Å². The number of Topliss-reactive ketones (excluding diaryl/α,β-unsaturated/α-hetero) is 1. The third-order valence-corrected chi connectivity index (χ3v) is 11.7. The Balaban J connectivity index is 2.60. The number of aliphatic hydroxyl groups excluding tert-OH is 1. The summed E-state index contributed by atoms with van der Waals surface area (Å²) >= 11 is 0. The number of methoxy groups -OCH3 is 2. The van der Waals surface area contributed by atoms with Crippen LogP contribution in [0, 0.1) is 5.92 Å². The van der Waals surface area contributed by atoms with Gasteiger partial charge in [0, 0.05) is 19.4 Å². The zero-order chi connectivity index (χ0) is 27.5. The molecule has 3 atom stereocenters. The van der Waals surface area contributed by atoms with E-state index in [9.17, 15) is 9.90 Å². The molecule has 6 nitrogen and oxygen atoms in total. The first-order valence-corrected chi connectivity index (χ1v) is 15.6. The number of hydrogen-bond donors (Lipinski definition) is 1. The van der Waals surface area contributed by atoms with Crippen molar-refractivity contribution in [3.63, 3.8) is 0 Å². The molecule has 204 valence electrons. The highest BCUT2D eigenvalue weighted by Gasteiger charge is 2.36. The highest BCUT2D eigenvalue weighted by Crippen LogP contribution is 2.36. The van der Waals surface area contributed by atoms with Gasteiger partial charge in [-0.15, -0.1) is 0 Å².